The maximum Gasteiger partial charge on any atom is 0.358 e. The van der Waals surface area contributed by atoms with Gasteiger partial charge in [-0.05, 0) is 38.5 Å². The Hall–Kier alpha value is -2.55. The monoisotopic (exact) mass is 518 g/mol. The number of esters is 3. The van der Waals surface area contributed by atoms with Gasteiger partial charge in [-0.1, -0.05) is 39.8 Å². The van der Waals surface area contributed by atoms with Crippen LogP contribution in [0.5, 0.6) is 0 Å². The number of fused-ring (bicyclic) bond motifs is 5. The molecule has 1 heterocycles. The summed E-state index contributed by atoms with van der Waals surface area (Å²) in [5.74, 6) is -5.06. The van der Waals surface area contributed by atoms with Gasteiger partial charge in [0.2, 0.25) is 0 Å². The molecule has 1 aliphatic heterocycles. The van der Waals surface area contributed by atoms with Crippen LogP contribution in [0.4, 0.5) is 0 Å². The average molecular weight is 519 g/mol. The van der Waals surface area contributed by atoms with E-state index in [2.05, 4.69) is 6.58 Å². The molecule has 0 aromatic rings. The zero-order valence-electron chi connectivity index (χ0n) is 22.9. The van der Waals surface area contributed by atoms with Crippen LogP contribution in [0.2, 0.25) is 0 Å². The molecular formula is C28H38O9. The van der Waals surface area contributed by atoms with E-state index < -0.39 is 75.0 Å². The summed E-state index contributed by atoms with van der Waals surface area (Å²) in [6.45, 7) is 15.7. The van der Waals surface area contributed by atoms with Crippen LogP contribution in [0.25, 0.3) is 0 Å². The molecule has 4 fully saturated rings. The number of aliphatic hydroxyl groups is 1. The third-order valence-electron chi connectivity index (χ3n) is 10.8. The number of hydrogen-bond donors (Lipinski definition) is 1. The van der Waals surface area contributed by atoms with Crippen LogP contribution >= 0.6 is 0 Å². The second-order valence-corrected chi connectivity index (χ2v) is 12.8. The van der Waals surface area contributed by atoms with Gasteiger partial charge in [0.25, 0.3) is 5.60 Å². The Morgan fingerprint density at radius 3 is 2.14 bits per heavy atom. The molecule has 0 radical (unpaired) electrons. The molecule has 204 valence electrons. The molecule has 9 heteroatoms. The zero-order valence-corrected chi connectivity index (χ0v) is 22.9. The molecule has 1 N–H and O–H groups in total. The van der Waals surface area contributed by atoms with Gasteiger partial charge in [-0.2, -0.15) is 0 Å². The summed E-state index contributed by atoms with van der Waals surface area (Å²) >= 11 is 0. The van der Waals surface area contributed by atoms with E-state index in [0.29, 0.717) is 5.57 Å². The van der Waals surface area contributed by atoms with Gasteiger partial charge in [0.15, 0.2) is 5.78 Å². The number of hydrogen-bond acceptors (Lipinski definition) is 9. The molecular weight excluding hydrogens is 480 g/mol. The number of allylic oxidation sites excluding steroid dienone is 1. The number of ether oxygens (including phenoxy) is 3. The van der Waals surface area contributed by atoms with E-state index in [1.807, 2.05) is 20.8 Å². The van der Waals surface area contributed by atoms with Crippen LogP contribution in [0.15, 0.2) is 12.2 Å². The predicted octanol–water partition coefficient (Wildman–Crippen LogP) is 2.57. The van der Waals surface area contributed by atoms with E-state index in [-0.39, 0.29) is 31.0 Å². The van der Waals surface area contributed by atoms with Crippen molar-refractivity contribution < 1.29 is 43.3 Å². The van der Waals surface area contributed by atoms with E-state index in [9.17, 15) is 29.1 Å². The Morgan fingerprint density at radius 1 is 1.00 bits per heavy atom. The lowest BCUT2D eigenvalue weighted by Crippen LogP contribution is -2.75. The maximum atomic E-state index is 14.0. The number of Topliss-reactive ketones (excluding diaryl/α,β-unsaturated/α-hetero) is 2. The fourth-order valence-electron chi connectivity index (χ4n) is 8.65. The number of rotatable bonds is 2. The fourth-order valence-corrected chi connectivity index (χ4v) is 8.65. The normalized spacial score (nSPS) is 46.7. The number of methoxy groups -OCH3 is 1. The first-order chi connectivity index (χ1) is 16.8. The highest BCUT2D eigenvalue weighted by Crippen LogP contribution is 2.72. The molecule has 0 aromatic heterocycles. The Bertz CT molecular complexity index is 1120. The molecule has 0 unspecified atom stereocenters. The Morgan fingerprint density at radius 2 is 1.59 bits per heavy atom. The van der Waals surface area contributed by atoms with Crippen molar-refractivity contribution in [2.45, 2.75) is 85.5 Å². The number of ketones is 2. The first-order valence-electron chi connectivity index (χ1n) is 12.8. The molecule has 4 rings (SSSR count). The maximum absolute atomic E-state index is 14.0. The van der Waals surface area contributed by atoms with Crippen molar-refractivity contribution in [2.75, 3.05) is 7.11 Å². The van der Waals surface area contributed by atoms with Gasteiger partial charge in [0.05, 0.1) is 24.5 Å². The SMILES string of the molecule is C=C1C[C@H]2[C@]3(C)[C@H](O)CC(=O)C(C)(C)[C@H]3C[C@H](OC(C)=O)[C@]2(C)[C@H]2C(=O)O[C@@](C)(C(=O)OC)C(=O)[C@]12C. The molecule has 0 bridgehead atoms. The molecule has 4 aliphatic rings. The van der Waals surface area contributed by atoms with Crippen molar-refractivity contribution in [1.82, 2.24) is 0 Å². The van der Waals surface area contributed by atoms with E-state index >= 15 is 0 Å². The van der Waals surface area contributed by atoms with Crippen molar-refractivity contribution in [2.24, 2.45) is 39.4 Å². The first-order valence-corrected chi connectivity index (χ1v) is 12.8. The standard InChI is InChI=1S/C28H38O9/c1-13-10-16-26(6)15(24(3,4)17(30)12-18(26)31)11-19(36-14(2)29)27(16,7)20-21(32)37-28(8,23(34)35-9)22(33)25(13,20)5/h15-16,18-20,31H,1,10-12H2,2-9H3/t15-,16+,18-,19+,20+,25-,26-,27-,28-/m1/s1. The lowest BCUT2D eigenvalue weighted by atomic mass is 9.34. The lowest BCUT2D eigenvalue weighted by Gasteiger charge is -2.70. The summed E-state index contributed by atoms with van der Waals surface area (Å²) in [4.78, 5) is 66.0. The van der Waals surface area contributed by atoms with Gasteiger partial charge in [-0.15, -0.1) is 0 Å². The fraction of sp³-hybridized carbons (Fsp3) is 0.750. The first kappa shape index (κ1) is 27.5. The van der Waals surface area contributed by atoms with E-state index in [0.717, 1.165) is 7.11 Å². The highest BCUT2D eigenvalue weighted by atomic mass is 16.6. The summed E-state index contributed by atoms with van der Waals surface area (Å²) in [6.07, 6.45) is -1.46. The van der Waals surface area contributed by atoms with Crippen molar-refractivity contribution >= 4 is 29.5 Å². The number of carbonyl (C=O) groups is 5. The van der Waals surface area contributed by atoms with Crippen molar-refractivity contribution in [3.8, 4) is 0 Å². The molecule has 37 heavy (non-hydrogen) atoms. The Balaban J connectivity index is 1.97. The van der Waals surface area contributed by atoms with Crippen LogP contribution in [0, 0.1) is 39.4 Å². The number of carbonyl (C=O) groups excluding carboxylic acids is 5. The quantitative estimate of drug-likeness (QED) is 0.253. The molecule has 9 atom stereocenters. The highest BCUT2D eigenvalue weighted by molar-refractivity contribution is 6.15. The van der Waals surface area contributed by atoms with Crippen LogP contribution in [0.1, 0.15) is 67.7 Å². The summed E-state index contributed by atoms with van der Waals surface area (Å²) in [5.41, 5.74) is -6.09. The van der Waals surface area contributed by atoms with Gasteiger partial charge >= 0.3 is 17.9 Å². The molecule has 9 nitrogen and oxygen atoms in total. The molecule has 1 saturated heterocycles. The highest BCUT2D eigenvalue weighted by Gasteiger charge is 2.77. The van der Waals surface area contributed by atoms with Crippen LogP contribution in [-0.2, 0) is 38.2 Å². The predicted molar refractivity (Wildman–Crippen MR) is 130 cm³/mol. The van der Waals surface area contributed by atoms with Crippen molar-refractivity contribution in [3.63, 3.8) is 0 Å². The minimum Gasteiger partial charge on any atom is -0.466 e. The van der Waals surface area contributed by atoms with Crippen LogP contribution in [0.3, 0.4) is 0 Å². The van der Waals surface area contributed by atoms with Gasteiger partial charge < -0.3 is 19.3 Å². The van der Waals surface area contributed by atoms with Gasteiger partial charge in [0, 0.05) is 29.6 Å². The molecule has 0 spiro atoms. The minimum absolute atomic E-state index is 0.0387. The molecule has 0 amide bonds. The van der Waals surface area contributed by atoms with E-state index in [1.165, 1.54) is 13.8 Å². The smallest absolute Gasteiger partial charge is 0.358 e. The summed E-state index contributed by atoms with van der Waals surface area (Å²) in [6, 6.07) is 0. The Kier molecular flexibility index (Phi) is 5.93. The van der Waals surface area contributed by atoms with Gasteiger partial charge in [-0.3, -0.25) is 19.2 Å². The van der Waals surface area contributed by atoms with Gasteiger partial charge in [-0.25, -0.2) is 4.79 Å². The van der Waals surface area contributed by atoms with E-state index in [1.54, 1.807) is 13.8 Å². The average Bonchev–Trinajstić information content (AvgIpc) is 2.79. The third-order valence-corrected chi connectivity index (χ3v) is 10.8. The van der Waals surface area contributed by atoms with Crippen molar-refractivity contribution in [3.05, 3.63) is 12.2 Å². The number of aliphatic hydroxyl groups excluding tert-OH is 1. The number of cyclic esters (lactones) is 1. The zero-order chi connectivity index (χ0) is 28.1. The molecule has 3 saturated carbocycles. The van der Waals surface area contributed by atoms with Crippen molar-refractivity contribution in [1.29, 1.82) is 0 Å². The van der Waals surface area contributed by atoms with Crippen LogP contribution < -0.4 is 0 Å². The summed E-state index contributed by atoms with van der Waals surface area (Å²) < 4.78 is 16.3. The van der Waals surface area contributed by atoms with Crippen LogP contribution in [-0.4, -0.2) is 59.5 Å². The molecule has 0 aromatic carbocycles. The molecule has 3 aliphatic carbocycles. The van der Waals surface area contributed by atoms with Gasteiger partial charge in [0.1, 0.15) is 11.9 Å². The van der Waals surface area contributed by atoms with E-state index in [4.69, 9.17) is 14.2 Å². The Labute approximate surface area is 217 Å². The summed E-state index contributed by atoms with van der Waals surface area (Å²) in [5, 5.41) is 11.4. The second kappa shape index (κ2) is 7.98. The lowest BCUT2D eigenvalue weighted by molar-refractivity contribution is -0.263. The third kappa shape index (κ3) is 3.15. The largest absolute Gasteiger partial charge is 0.466 e. The summed E-state index contributed by atoms with van der Waals surface area (Å²) in [7, 11) is 1.11. The minimum atomic E-state index is -2.15. The topological polar surface area (TPSA) is 133 Å². The second-order valence-electron chi connectivity index (χ2n) is 12.8.